The largest absolute Gasteiger partial charge is 0.478 e. The molecule has 0 aliphatic carbocycles. The second-order valence-corrected chi connectivity index (χ2v) is 4.62. The van der Waals surface area contributed by atoms with E-state index in [4.69, 9.17) is 28.3 Å². The highest BCUT2D eigenvalue weighted by Gasteiger charge is 2.13. The Bertz CT molecular complexity index is 689. The van der Waals surface area contributed by atoms with Crippen LogP contribution in [0.15, 0.2) is 36.7 Å². The molecule has 2 aromatic rings. The number of carbonyl (C=O) groups excluding carboxylic acids is 1. The number of hydrogen-bond acceptors (Lipinski definition) is 3. The van der Waals surface area contributed by atoms with Crippen molar-refractivity contribution in [1.29, 1.82) is 0 Å². The first-order chi connectivity index (χ1) is 9.49. The van der Waals surface area contributed by atoms with Crippen molar-refractivity contribution in [3.8, 4) is 0 Å². The number of aromatic carboxylic acids is 1. The summed E-state index contributed by atoms with van der Waals surface area (Å²) in [5.74, 6) is -1.55. The fraction of sp³-hybridized carbons (Fsp3) is 0. The van der Waals surface area contributed by atoms with E-state index in [9.17, 15) is 9.59 Å². The lowest BCUT2D eigenvalue weighted by molar-refractivity contribution is 0.0696. The Morgan fingerprint density at radius 3 is 2.50 bits per heavy atom. The number of rotatable bonds is 3. The van der Waals surface area contributed by atoms with Crippen LogP contribution in [-0.2, 0) is 0 Å². The summed E-state index contributed by atoms with van der Waals surface area (Å²) in [5, 5.41) is 11.7. The zero-order chi connectivity index (χ0) is 14.7. The van der Waals surface area contributed by atoms with Gasteiger partial charge in [-0.2, -0.15) is 0 Å². The highest BCUT2D eigenvalue weighted by molar-refractivity contribution is 6.36. The van der Waals surface area contributed by atoms with Gasteiger partial charge in [0.25, 0.3) is 5.91 Å². The van der Waals surface area contributed by atoms with E-state index in [1.807, 2.05) is 0 Å². The van der Waals surface area contributed by atoms with E-state index in [2.05, 4.69) is 10.3 Å². The summed E-state index contributed by atoms with van der Waals surface area (Å²) < 4.78 is 0. The maximum atomic E-state index is 12.0. The number of hydrogen-bond donors (Lipinski definition) is 2. The lowest BCUT2D eigenvalue weighted by Crippen LogP contribution is -2.13. The third kappa shape index (κ3) is 3.07. The third-order valence-electron chi connectivity index (χ3n) is 2.48. The molecule has 0 spiro atoms. The molecule has 5 nitrogen and oxygen atoms in total. The first-order valence-electron chi connectivity index (χ1n) is 5.42. The standard InChI is InChI=1S/C13H8Cl2N2O3/c14-9-5-7(13(19)20)1-2-11(9)17-12(18)8-3-4-16-6-10(8)15/h1-6H,(H,17,18)(H,19,20). The summed E-state index contributed by atoms with van der Waals surface area (Å²) in [4.78, 5) is 26.6. The first kappa shape index (κ1) is 14.3. The molecule has 20 heavy (non-hydrogen) atoms. The van der Waals surface area contributed by atoms with Crippen molar-refractivity contribution in [2.45, 2.75) is 0 Å². The molecule has 0 unspecified atom stereocenters. The fourth-order valence-electron chi connectivity index (χ4n) is 1.50. The van der Waals surface area contributed by atoms with Crippen LogP contribution >= 0.6 is 23.2 Å². The van der Waals surface area contributed by atoms with Crippen molar-refractivity contribution in [2.75, 3.05) is 5.32 Å². The van der Waals surface area contributed by atoms with Crippen LogP contribution < -0.4 is 5.32 Å². The van der Waals surface area contributed by atoms with Crippen molar-refractivity contribution in [3.05, 3.63) is 57.8 Å². The molecule has 1 amide bonds. The average Bonchev–Trinajstić information content (AvgIpc) is 2.41. The SMILES string of the molecule is O=C(O)c1ccc(NC(=O)c2ccncc2Cl)c(Cl)c1. The summed E-state index contributed by atoms with van der Waals surface area (Å²) in [7, 11) is 0. The van der Waals surface area contributed by atoms with Crippen LogP contribution in [-0.4, -0.2) is 22.0 Å². The molecule has 2 N–H and O–H groups in total. The monoisotopic (exact) mass is 310 g/mol. The van der Waals surface area contributed by atoms with Gasteiger partial charge in [-0.3, -0.25) is 9.78 Å². The summed E-state index contributed by atoms with van der Waals surface area (Å²) in [6.45, 7) is 0. The molecule has 0 saturated carbocycles. The number of anilines is 1. The molecule has 1 heterocycles. The van der Waals surface area contributed by atoms with Gasteiger partial charge in [-0.1, -0.05) is 23.2 Å². The van der Waals surface area contributed by atoms with Crippen LogP contribution in [0.2, 0.25) is 10.0 Å². The predicted molar refractivity (Wildman–Crippen MR) is 75.6 cm³/mol. The second kappa shape index (κ2) is 5.90. The van der Waals surface area contributed by atoms with Crippen molar-refractivity contribution in [3.63, 3.8) is 0 Å². The van der Waals surface area contributed by atoms with Crippen LogP contribution in [0.5, 0.6) is 0 Å². The van der Waals surface area contributed by atoms with E-state index in [1.54, 1.807) is 0 Å². The Morgan fingerprint density at radius 1 is 1.15 bits per heavy atom. The van der Waals surface area contributed by atoms with E-state index in [0.717, 1.165) is 0 Å². The smallest absolute Gasteiger partial charge is 0.335 e. The minimum Gasteiger partial charge on any atom is -0.478 e. The number of pyridine rings is 1. The Kier molecular flexibility index (Phi) is 4.22. The molecule has 0 aliphatic rings. The lowest BCUT2D eigenvalue weighted by atomic mass is 10.2. The van der Waals surface area contributed by atoms with Gasteiger partial charge in [0.1, 0.15) is 0 Å². The van der Waals surface area contributed by atoms with Gasteiger partial charge in [0.05, 0.1) is 26.9 Å². The lowest BCUT2D eigenvalue weighted by Gasteiger charge is -2.08. The molecule has 1 aromatic heterocycles. The number of amides is 1. The van der Waals surface area contributed by atoms with E-state index in [1.165, 1.54) is 36.7 Å². The van der Waals surface area contributed by atoms with Gasteiger partial charge >= 0.3 is 5.97 Å². The van der Waals surface area contributed by atoms with Gasteiger partial charge in [-0.05, 0) is 24.3 Å². The number of carboxylic acid groups (broad SMARTS) is 1. The first-order valence-corrected chi connectivity index (χ1v) is 6.18. The molecule has 0 radical (unpaired) electrons. The molecule has 7 heteroatoms. The Balaban J connectivity index is 2.25. The van der Waals surface area contributed by atoms with Crippen LogP contribution in [0.3, 0.4) is 0 Å². The highest BCUT2D eigenvalue weighted by atomic mass is 35.5. The number of nitrogens with one attached hydrogen (secondary N) is 1. The van der Waals surface area contributed by atoms with Crippen LogP contribution in [0.4, 0.5) is 5.69 Å². The van der Waals surface area contributed by atoms with Crippen LogP contribution in [0.25, 0.3) is 0 Å². The second-order valence-electron chi connectivity index (χ2n) is 3.81. The third-order valence-corrected chi connectivity index (χ3v) is 3.10. The van der Waals surface area contributed by atoms with Crippen LogP contribution in [0.1, 0.15) is 20.7 Å². The molecule has 0 saturated heterocycles. The number of carbonyl (C=O) groups is 2. The topological polar surface area (TPSA) is 79.3 Å². The molecular formula is C13H8Cl2N2O3. The number of halogens is 2. The van der Waals surface area contributed by atoms with Crippen molar-refractivity contribution < 1.29 is 14.7 Å². The van der Waals surface area contributed by atoms with Gasteiger partial charge in [0, 0.05) is 12.4 Å². The van der Waals surface area contributed by atoms with Gasteiger partial charge in [0.15, 0.2) is 0 Å². The minimum absolute atomic E-state index is 0.0370. The quantitative estimate of drug-likeness (QED) is 0.911. The Labute approximate surface area is 124 Å². The van der Waals surface area contributed by atoms with Crippen molar-refractivity contribution >= 4 is 40.8 Å². The summed E-state index contributed by atoms with van der Waals surface area (Å²) in [6, 6.07) is 5.49. The Hall–Kier alpha value is -2.11. The molecule has 0 aliphatic heterocycles. The zero-order valence-electron chi connectivity index (χ0n) is 9.93. The van der Waals surface area contributed by atoms with Gasteiger partial charge in [-0.15, -0.1) is 0 Å². The van der Waals surface area contributed by atoms with E-state index < -0.39 is 11.9 Å². The number of nitrogens with zero attached hydrogens (tertiary/aromatic N) is 1. The van der Waals surface area contributed by atoms with Crippen molar-refractivity contribution in [1.82, 2.24) is 4.98 Å². The molecule has 1 aromatic carbocycles. The van der Waals surface area contributed by atoms with Crippen molar-refractivity contribution in [2.24, 2.45) is 0 Å². The highest BCUT2D eigenvalue weighted by Crippen LogP contribution is 2.24. The van der Waals surface area contributed by atoms with Crippen LogP contribution in [0, 0.1) is 0 Å². The van der Waals surface area contributed by atoms with E-state index >= 15 is 0 Å². The van der Waals surface area contributed by atoms with Gasteiger partial charge in [-0.25, -0.2) is 4.79 Å². The summed E-state index contributed by atoms with van der Waals surface area (Å²) >= 11 is 11.8. The Morgan fingerprint density at radius 2 is 1.90 bits per heavy atom. The van der Waals surface area contributed by atoms with E-state index in [-0.39, 0.29) is 21.2 Å². The molecule has 0 atom stereocenters. The maximum Gasteiger partial charge on any atom is 0.335 e. The molecule has 2 rings (SSSR count). The minimum atomic E-state index is -1.10. The predicted octanol–water partition coefficient (Wildman–Crippen LogP) is 3.34. The maximum absolute atomic E-state index is 12.0. The summed E-state index contributed by atoms with van der Waals surface area (Å²) in [6.07, 6.45) is 2.79. The molecule has 0 bridgehead atoms. The fourth-order valence-corrected chi connectivity index (χ4v) is 1.93. The van der Waals surface area contributed by atoms with Gasteiger partial charge < -0.3 is 10.4 Å². The molecule has 102 valence electrons. The molecule has 0 fully saturated rings. The number of aromatic nitrogens is 1. The average molecular weight is 311 g/mol. The zero-order valence-corrected chi connectivity index (χ0v) is 11.4. The number of carboxylic acids is 1. The normalized spacial score (nSPS) is 10.1. The van der Waals surface area contributed by atoms with E-state index in [0.29, 0.717) is 5.69 Å². The number of benzene rings is 1. The molecular weight excluding hydrogens is 303 g/mol. The summed E-state index contributed by atoms with van der Waals surface area (Å²) in [5.41, 5.74) is 0.588. The van der Waals surface area contributed by atoms with Gasteiger partial charge in [0.2, 0.25) is 0 Å².